The van der Waals surface area contributed by atoms with Crippen molar-refractivity contribution in [2.75, 3.05) is 0 Å². The summed E-state index contributed by atoms with van der Waals surface area (Å²) in [4.78, 5) is 37.2. The van der Waals surface area contributed by atoms with Crippen molar-refractivity contribution in [2.45, 2.75) is 57.2 Å². The topological polar surface area (TPSA) is 132 Å². The molecule has 8 unspecified atom stereocenters. The number of aliphatic hydroxyl groups excluding tert-OH is 1. The molecule has 7 heteroatoms. The molecule has 0 radical (unpaired) electrons. The normalized spacial score (nSPS) is 53.5. The number of aliphatic carboxylic acids is 2. The summed E-state index contributed by atoms with van der Waals surface area (Å²) < 4.78 is 0. The summed E-state index contributed by atoms with van der Waals surface area (Å²) >= 11 is 0. The van der Waals surface area contributed by atoms with Gasteiger partial charge in [0.15, 0.2) is 0 Å². The number of hydrogen-bond acceptors (Lipinski definition) is 5. The summed E-state index contributed by atoms with van der Waals surface area (Å²) in [5.74, 6) is -4.96. The Balaban J connectivity index is 2.02. The van der Waals surface area contributed by atoms with Crippen LogP contribution in [0.25, 0.3) is 0 Å². The van der Waals surface area contributed by atoms with Crippen molar-refractivity contribution in [1.29, 1.82) is 0 Å². The van der Waals surface area contributed by atoms with E-state index in [0.29, 0.717) is 25.7 Å². The molecule has 4 N–H and O–H groups in total. The molecule has 4 aliphatic carbocycles. The molecule has 4 aliphatic rings. The second-order valence-electron chi connectivity index (χ2n) is 9.44. The first-order valence-corrected chi connectivity index (χ1v) is 9.53. The van der Waals surface area contributed by atoms with Crippen LogP contribution in [0.4, 0.5) is 0 Å². The monoisotopic (exact) mass is 378 g/mol. The summed E-state index contributed by atoms with van der Waals surface area (Å²) in [6.07, 6.45) is 1.41. The molecule has 4 fully saturated rings. The predicted octanol–water partition coefficient (Wildman–Crippen LogP) is 1.23. The molecule has 0 heterocycles. The minimum absolute atomic E-state index is 0.0173. The third kappa shape index (κ3) is 1.82. The van der Waals surface area contributed by atoms with Gasteiger partial charge in [0.05, 0.1) is 23.0 Å². The summed E-state index contributed by atoms with van der Waals surface area (Å²) in [5, 5.41) is 42.2. The van der Waals surface area contributed by atoms with E-state index in [1.54, 1.807) is 0 Å². The maximum atomic E-state index is 12.5. The maximum absolute atomic E-state index is 12.5. The molecule has 2 bridgehead atoms. The number of carboxylic acids is 2. The molecule has 7 nitrogen and oxygen atoms in total. The van der Waals surface area contributed by atoms with Crippen molar-refractivity contribution in [3.8, 4) is 0 Å². The molecule has 148 valence electrons. The van der Waals surface area contributed by atoms with Crippen LogP contribution in [-0.4, -0.2) is 50.4 Å². The molecule has 0 saturated heterocycles. The second kappa shape index (κ2) is 5.20. The number of carboxylic acid groups (broad SMARTS) is 2. The Morgan fingerprint density at radius 3 is 2.44 bits per heavy atom. The van der Waals surface area contributed by atoms with Crippen LogP contribution in [0.3, 0.4) is 0 Å². The van der Waals surface area contributed by atoms with Gasteiger partial charge in [0, 0.05) is 16.7 Å². The van der Waals surface area contributed by atoms with Crippen LogP contribution in [0, 0.1) is 34.0 Å². The van der Waals surface area contributed by atoms with Gasteiger partial charge in [-0.15, -0.1) is 0 Å². The third-order valence-electron chi connectivity index (χ3n) is 8.64. The fourth-order valence-electron chi connectivity index (χ4n) is 7.65. The highest BCUT2D eigenvalue weighted by Gasteiger charge is 2.81. The Morgan fingerprint density at radius 1 is 1.22 bits per heavy atom. The third-order valence-corrected chi connectivity index (χ3v) is 8.64. The van der Waals surface area contributed by atoms with Crippen molar-refractivity contribution < 1.29 is 34.8 Å². The van der Waals surface area contributed by atoms with Crippen LogP contribution >= 0.6 is 0 Å². The fraction of sp³-hybridized carbons (Fsp3) is 0.750. The number of aldehydes is 1. The summed E-state index contributed by atoms with van der Waals surface area (Å²) in [5.41, 5.74) is -4.92. The maximum Gasteiger partial charge on any atom is 0.309 e. The zero-order valence-electron chi connectivity index (χ0n) is 15.4. The molecule has 0 aliphatic heterocycles. The lowest BCUT2D eigenvalue weighted by Gasteiger charge is -2.49. The summed E-state index contributed by atoms with van der Waals surface area (Å²) in [6, 6.07) is 0. The number of fused-ring (bicyclic) bond motifs is 3. The Bertz CT molecular complexity index is 761. The highest BCUT2D eigenvalue weighted by molar-refractivity contribution is 5.82. The zero-order chi connectivity index (χ0) is 20.0. The van der Waals surface area contributed by atoms with E-state index in [-0.39, 0.29) is 18.4 Å². The fourth-order valence-corrected chi connectivity index (χ4v) is 7.65. The lowest BCUT2D eigenvalue weighted by Crippen LogP contribution is -2.52. The van der Waals surface area contributed by atoms with Gasteiger partial charge in [-0.3, -0.25) is 9.59 Å². The van der Waals surface area contributed by atoms with Crippen molar-refractivity contribution in [3.63, 3.8) is 0 Å². The molecular weight excluding hydrogens is 352 g/mol. The van der Waals surface area contributed by atoms with Crippen molar-refractivity contribution in [2.24, 2.45) is 34.0 Å². The minimum Gasteiger partial charge on any atom is -0.481 e. The lowest BCUT2D eigenvalue weighted by molar-refractivity contribution is -0.168. The van der Waals surface area contributed by atoms with E-state index in [9.17, 15) is 34.8 Å². The molecule has 1 spiro atoms. The molecular formula is C20H26O7. The van der Waals surface area contributed by atoms with E-state index in [4.69, 9.17) is 0 Å². The number of rotatable bonds is 3. The smallest absolute Gasteiger partial charge is 0.309 e. The molecule has 4 rings (SSSR count). The molecule has 27 heavy (non-hydrogen) atoms. The van der Waals surface area contributed by atoms with Crippen LogP contribution in [0.5, 0.6) is 0 Å². The minimum atomic E-state index is -1.38. The highest BCUT2D eigenvalue weighted by Crippen LogP contribution is 2.77. The first-order chi connectivity index (χ1) is 12.5. The van der Waals surface area contributed by atoms with E-state index in [0.717, 1.165) is 6.29 Å². The van der Waals surface area contributed by atoms with Crippen molar-refractivity contribution in [1.82, 2.24) is 0 Å². The Kier molecular flexibility index (Phi) is 3.59. The summed E-state index contributed by atoms with van der Waals surface area (Å²) in [6.45, 7) is 5.37. The van der Waals surface area contributed by atoms with E-state index in [1.165, 1.54) is 6.92 Å². The standard InChI is InChI=1S/C20H26O7/c1-10-14(22)20-8-19(10,27)7-4-11(20)18(9-21)6-3-5-17(2,16(25)26)13(18)12(20)15(23)24/h9,11-14,22,27H,1,3-8H2,2H3,(H,23,24)(H,25,26). The second-order valence-corrected chi connectivity index (χ2v) is 9.44. The van der Waals surface area contributed by atoms with E-state index >= 15 is 0 Å². The lowest BCUT2D eigenvalue weighted by atomic mass is 9.53. The first-order valence-electron chi connectivity index (χ1n) is 9.53. The highest BCUT2D eigenvalue weighted by atomic mass is 16.4. The Hall–Kier alpha value is -1.73. The van der Waals surface area contributed by atoms with Gasteiger partial charge < -0.3 is 25.2 Å². The van der Waals surface area contributed by atoms with Gasteiger partial charge in [-0.25, -0.2) is 0 Å². The Labute approximate surface area is 157 Å². The molecule has 0 amide bonds. The van der Waals surface area contributed by atoms with Crippen LogP contribution < -0.4 is 0 Å². The van der Waals surface area contributed by atoms with Crippen molar-refractivity contribution >= 4 is 18.2 Å². The zero-order valence-corrected chi connectivity index (χ0v) is 15.4. The van der Waals surface area contributed by atoms with Crippen LogP contribution in [0.1, 0.15) is 45.4 Å². The van der Waals surface area contributed by atoms with Gasteiger partial charge in [-0.2, -0.15) is 0 Å². The van der Waals surface area contributed by atoms with E-state index in [2.05, 4.69) is 6.58 Å². The number of carbonyl (C=O) groups is 3. The van der Waals surface area contributed by atoms with Crippen LogP contribution in [-0.2, 0) is 14.4 Å². The van der Waals surface area contributed by atoms with Crippen LogP contribution in [0.2, 0.25) is 0 Å². The number of aliphatic hydroxyl groups is 2. The predicted molar refractivity (Wildman–Crippen MR) is 92.6 cm³/mol. The molecule has 8 atom stereocenters. The van der Waals surface area contributed by atoms with Gasteiger partial charge in [0.2, 0.25) is 0 Å². The SMILES string of the molecule is C=C1C(O)C23CC1(O)CCC2C1(C=O)CCCC(C)(C(=O)O)C1C3C(=O)O. The van der Waals surface area contributed by atoms with Crippen LogP contribution in [0.15, 0.2) is 12.2 Å². The average Bonchev–Trinajstić information content (AvgIpc) is 2.95. The van der Waals surface area contributed by atoms with Gasteiger partial charge in [-0.05, 0) is 50.5 Å². The van der Waals surface area contributed by atoms with Gasteiger partial charge in [-0.1, -0.05) is 13.0 Å². The molecule has 4 saturated carbocycles. The first kappa shape index (κ1) is 18.6. The number of carbonyl (C=O) groups excluding carboxylic acids is 1. The molecule has 0 aromatic heterocycles. The molecule has 0 aromatic carbocycles. The molecule has 0 aromatic rings. The quantitative estimate of drug-likeness (QED) is 0.429. The van der Waals surface area contributed by atoms with E-state index in [1.807, 2.05) is 0 Å². The van der Waals surface area contributed by atoms with E-state index < -0.39 is 57.6 Å². The van der Waals surface area contributed by atoms with Gasteiger partial charge in [0.25, 0.3) is 0 Å². The van der Waals surface area contributed by atoms with Gasteiger partial charge in [0.1, 0.15) is 6.29 Å². The van der Waals surface area contributed by atoms with Gasteiger partial charge >= 0.3 is 11.9 Å². The largest absolute Gasteiger partial charge is 0.481 e. The summed E-state index contributed by atoms with van der Waals surface area (Å²) in [7, 11) is 0. The average molecular weight is 378 g/mol. The Morgan fingerprint density at radius 2 is 1.89 bits per heavy atom. The van der Waals surface area contributed by atoms with Crippen molar-refractivity contribution in [3.05, 3.63) is 12.2 Å². The number of hydrogen-bond donors (Lipinski definition) is 4.